The van der Waals surface area contributed by atoms with Gasteiger partial charge in [-0.25, -0.2) is 5.84 Å². The lowest BCUT2D eigenvalue weighted by molar-refractivity contribution is 0.0953. The summed E-state index contributed by atoms with van der Waals surface area (Å²) in [6, 6.07) is 13.4. The minimum absolute atomic E-state index is 0.313. The van der Waals surface area contributed by atoms with Crippen LogP contribution in [0.5, 0.6) is 0 Å². The van der Waals surface area contributed by atoms with Crippen LogP contribution in [0.3, 0.4) is 0 Å². The summed E-state index contributed by atoms with van der Waals surface area (Å²) in [6.07, 6.45) is 1.85. The Morgan fingerprint density at radius 1 is 1.29 bits per heavy atom. The molecule has 2 aromatic carbocycles. The smallest absolute Gasteiger partial charge is 0.265 e. The van der Waals surface area contributed by atoms with E-state index in [0.29, 0.717) is 12.1 Å². The van der Waals surface area contributed by atoms with E-state index in [1.807, 2.05) is 41.2 Å². The summed E-state index contributed by atoms with van der Waals surface area (Å²) < 4.78 is 2.78. The molecule has 0 spiro atoms. The van der Waals surface area contributed by atoms with Crippen LogP contribution in [0.1, 0.15) is 15.9 Å². The number of rotatable bonds is 3. The molecule has 1 amide bonds. The predicted octanol–water partition coefficient (Wildman–Crippen LogP) is 2.45. The van der Waals surface area contributed by atoms with Gasteiger partial charge in [-0.15, -0.1) is 0 Å². The fraction of sp³-hybridized carbons (Fsp3) is 0.0667. The number of amides is 1. The maximum Gasteiger partial charge on any atom is 0.265 e. The third kappa shape index (κ3) is 2.68. The molecule has 0 atom stereocenters. The van der Waals surface area contributed by atoms with Crippen LogP contribution in [0.15, 0.2) is 53.1 Å². The highest BCUT2D eigenvalue weighted by Crippen LogP contribution is 2.21. The van der Waals surface area contributed by atoms with Gasteiger partial charge in [0.15, 0.2) is 0 Å². The Balaban J connectivity index is 1.93. The number of benzene rings is 2. The van der Waals surface area contributed by atoms with Gasteiger partial charge < -0.3 is 0 Å². The number of hydrogen-bond acceptors (Lipinski definition) is 3. The van der Waals surface area contributed by atoms with Crippen molar-refractivity contribution >= 4 is 32.7 Å². The summed E-state index contributed by atoms with van der Waals surface area (Å²) in [5, 5.41) is 5.51. The molecule has 0 radical (unpaired) electrons. The van der Waals surface area contributed by atoms with Gasteiger partial charge in [0.2, 0.25) is 0 Å². The highest BCUT2D eigenvalue weighted by molar-refractivity contribution is 9.10. The largest absolute Gasteiger partial charge is 0.290 e. The Bertz CT molecular complexity index is 812. The minimum atomic E-state index is -0.313. The monoisotopic (exact) mass is 344 g/mol. The Morgan fingerprint density at radius 2 is 2.10 bits per heavy atom. The lowest BCUT2D eigenvalue weighted by atomic mass is 10.1. The summed E-state index contributed by atoms with van der Waals surface area (Å²) in [7, 11) is 0. The van der Waals surface area contributed by atoms with Crippen molar-refractivity contribution < 1.29 is 4.79 Å². The maximum absolute atomic E-state index is 11.5. The number of carbonyl (C=O) groups is 1. The van der Waals surface area contributed by atoms with E-state index in [0.717, 1.165) is 20.9 Å². The van der Waals surface area contributed by atoms with Gasteiger partial charge in [-0.2, -0.15) is 5.10 Å². The molecule has 0 aliphatic rings. The quantitative estimate of drug-likeness (QED) is 0.435. The summed E-state index contributed by atoms with van der Waals surface area (Å²) >= 11 is 3.49. The lowest BCUT2D eigenvalue weighted by Crippen LogP contribution is -2.29. The van der Waals surface area contributed by atoms with Gasteiger partial charge >= 0.3 is 0 Å². The van der Waals surface area contributed by atoms with Gasteiger partial charge in [-0.3, -0.25) is 14.9 Å². The number of para-hydroxylation sites is 1. The summed E-state index contributed by atoms with van der Waals surface area (Å²) in [6.45, 7) is 0.624. The molecule has 0 bridgehead atoms. The molecule has 106 valence electrons. The normalized spacial score (nSPS) is 10.8. The van der Waals surface area contributed by atoms with Gasteiger partial charge in [0.25, 0.3) is 5.91 Å². The number of fused-ring (bicyclic) bond motifs is 1. The Morgan fingerprint density at radius 3 is 2.86 bits per heavy atom. The Hall–Kier alpha value is -2.18. The van der Waals surface area contributed by atoms with Crippen LogP contribution < -0.4 is 11.3 Å². The fourth-order valence-corrected chi connectivity index (χ4v) is 2.72. The number of nitrogens with one attached hydrogen (secondary N) is 1. The van der Waals surface area contributed by atoms with E-state index in [-0.39, 0.29) is 5.91 Å². The van der Waals surface area contributed by atoms with Gasteiger partial charge in [0, 0.05) is 15.4 Å². The zero-order chi connectivity index (χ0) is 14.8. The van der Waals surface area contributed by atoms with Gasteiger partial charge in [-0.1, -0.05) is 40.2 Å². The average Bonchev–Trinajstić information content (AvgIpc) is 2.92. The van der Waals surface area contributed by atoms with Crippen molar-refractivity contribution in [1.82, 2.24) is 15.2 Å². The molecule has 3 N–H and O–H groups in total. The first-order chi connectivity index (χ1) is 10.2. The molecule has 0 saturated carbocycles. The highest BCUT2D eigenvalue weighted by atomic mass is 79.9. The first kappa shape index (κ1) is 13.8. The molecule has 3 rings (SSSR count). The first-order valence-electron chi connectivity index (χ1n) is 6.39. The lowest BCUT2D eigenvalue weighted by Gasteiger charge is -2.08. The summed E-state index contributed by atoms with van der Waals surface area (Å²) in [5.74, 6) is 4.82. The third-order valence-corrected chi connectivity index (χ3v) is 4.06. The topological polar surface area (TPSA) is 72.9 Å². The molecule has 3 aromatic rings. The predicted molar refractivity (Wildman–Crippen MR) is 84.6 cm³/mol. The van der Waals surface area contributed by atoms with E-state index in [1.165, 1.54) is 0 Å². The van der Waals surface area contributed by atoms with Crippen molar-refractivity contribution in [3.05, 3.63) is 64.3 Å². The Kier molecular flexibility index (Phi) is 3.72. The molecule has 1 heterocycles. The average molecular weight is 345 g/mol. The summed E-state index contributed by atoms with van der Waals surface area (Å²) in [5.41, 5.74) is 4.75. The van der Waals surface area contributed by atoms with Crippen molar-refractivity contribution in [2.24, 2.45) is 5.84 Å². The maximum atomic E-state index is 11.5. The molecule has 21 heavy (non-hydrogen) atoms. The van der Waals surface area contributed by atoms with Crippen LogP contribution in [-0.4, -0.2) is 15.7 Å². The number of carbonyl (C=O) groups excluding carboxylic acids is 1. The van der Waals surface area contributed by atoms with Crippen LogP contribution in [0.2, 0.25) is 0 Å². The number of aromatic nitrogens is 2. The van der Waals surface area contributed by atoms with E-state index in [1.54, 1.807) is 12.1 Å². The second-order valence-electron chi connectivity index (χ2n) is 4.64. The van der Waals surface area contributed by atoms with Crippen LogP contribution in [0, 0.1) is 0 Å². The zero-order valence-corrected chi connectivity index (χ0v) is 12.7. The number of halogens is 1. The van der Waals surface area contributed by atoms with Crippen LogP contribution in [0.4, 0.5) is 0 Å². The Labute approximate surface area is 129 Å². The van der Waals surface area contributed by atoms with Crippen molar-refractivity contribution in [2.45, 2.75) is 6.54 Å². The van der Waals surface area contributed by atoms with Gasteiger partial charge in [0.1, 0.15) is 0 Å². The number of nitrogens with zero attached hydrogens (tertiary/aromatic N) is 2. The van der Waals surface area contributed by atoms with E-state index in [4.69, 9.17) is 5.84 Å². The molecule has 0 unspecified atom stereocenters. The van der Waals surface area contributed by atoms with E-state index >= 15 is 0 Å². The number of nitrogen functional groups attached to an aromatic ring is 1. The van der Waals surface area contributed by atoms with Crippen molar-refractivity contribution in [3.63, 3.8) is 0 Å². The SMILES string of the molecule is NNC(=O)c1ccc(Cn2ncc3ccccc32)c(Br)c1. The van der Waals surface area contributed by atoms with E-state index in [2.05, 4.69) is 26.5 Å². The second-order valence-corrected chi connectivity index (χ2v) is 5.50. The standard InChI is InChI=1S/C15H13BrN4O/c16-13-7-10(15(21)19-17)5-6-12(13)9-20-14-4-2-1-3-11(14)8-18-20/h1-8H,9,17H2,(H,19,21). The number of hydrazine groups is 1. The van der Waals surface area contributed by atoms with E-state index < -0.39 is 0 Å². The minimum Gasteiger partial charge on any atom is -0.290 e. The first-order valence-corrected chi connectivity index (χ1v) is 7.18. The second kappa shape index (κ2) is 5.67. The molecule has 0 aliphatic carbocycles. The molecule has 0 aliphatic heterocycles. The van der Waals surface area contributed by atoms with Crippen LogP contribution >= 0.6 is 15.9 Å². The molecule has 1 aromatic heterocycles. The molecular formula is C15H13BrN4O. The van der Waals surface area contributed by atoms with Crippen LogP contribution in [-0.2, 0) is 6.54 Å². The van der Waals surface area contributed by atoms with Crippen LogP contribution in [0.25, 0.3) is 10.9 Å². The third-order valence-electron chi connectivity index (χ3n) is 3.32. The van der Waals surface area contributed by atoms with Gasteiger partial charge in [-0.05, 0) is 23.8 Å². The molecule has 0 fully saturated rings. The van der Waals surface area contributed by atoms with Gasteiger partial charge in [0.05, 0.1) is 18.3 Å². The van der Waals surface area contributed by atoms with Crippen molar-refractivity contribution in [1.29, 1.82) is 0 Å². The molecule has 6 heteroatoms. The number of nitrogens with two attached hydrogens (primary N) is 1. The van der Waals surface area contributed by atoms with Crippen molar-refractivity contribution in [3.8, 4) is 0 Å². The summed E-state index contributed by atoms with van der Waals surface area (Å²) in [4.78, 5) is 11.5. The molecule has 0 saturated heterocycles. The molecular weight excluding hydrogens is 332 g/mol. The van der Waals surface area contributed by atoms with Crippen molar-refractivity contribution in [2.75, 3.05) is 0 Å². The molecule has 5 nitrogen and oxygen atoms in total. The highest BCUT2D eigenvalue weighted by Gasteiger charge is 2.09. The number of hydrogen-bond donors (Lipinski definition) is 2. The van der Waals surface area contributed by atoms with E-state index in [9.17, 15) is 4.79 Å². The fourth-order valence-electron chi connectivity index (χ4n) is 2.21. The zero-order valence-electron chi connectivity index (χ0n) is 11.1.